The number of nitrogens with zero attached hydrogens (tertiary/aromatic N) is 2. The van der Waals surface area contributed by atoms with Gasteiger partial charge in [-0.3, -0.25) is 10.2 Å². The average molecular weight is 400 g/mol. The summed E-state index contributed by atoms with van der Waals surface area (Å²) in [4.78, 5) is 15.6. The summed E-state index contributed by atoms with van der Waals surface area (Å²) in [5.74, 6) is -0.663. The number of carbonyl (C=O) groups excluding carboxylic acids is 1. The van der Waals surface area contributed by atoms with E-state index in [-0.39, 0.29) is 18.2 Å². The number of halogens is 2. The van der Waals surface area contributed by atoms with Gasteiger partial charge in [-0.1, -0.05) is 22.0 Å². The number of benzene rings is 1. The monoisotopic (exact) mass is 399 g/mol. The summed E-state index contributed by atoms with van der Waals surface area (Å²) in [6, 6.07) is 4.82. The van der Waals surface area contributed by atoms with E-state index in [1.54, 1.807) is 24.4 Å². The van der Waals surface area contributed by atoms with Crippen molar-refractivity contribution >= 4 is 44.6 Å². The molecule has 0 bridgehead atoms. The van der Waals surface area contributed by atoms with Crippen LogP contribution in [0.2, 0.25) is 0 Å². The molecule has 8 heteroatoms. The molecule has 0 unspecified atom stereocenters. The van der Waals surface area contributed by atoms with Crippen molar-refractivity contribution in [2.24, 2.45) is 5.10 Å². The van der Waals surface area contributed by atoms with Crippen LogP contribution >= 0.6 is 27.3 Å². The van der Waals surface area contributed by atoms with Crippen molar-refractivity contribution in [2.75, 3.05) is 12.0 Å². The van der Waals surface area contributed by atoms with Gasteiger partial charge < -0.3 is 4.74 Å². The summed E-state index contributed by atoms with van der Waals surface area (Å²) in [5.41, 5.74) is 4.68. The summed E-state index contributed by atoms with van der Waals surface area (Å²) < 4.78 is 18.5. The molecule has 5 nitrogen and oxygen atoms in total. The summed E-state index contributed by atoms with van der Waals surface area (Å²) in [5, 5.41) is 6.90. The fourth-order valence-corrected chi connectivity index (χ4v) is 2.74. The Balaban J connectivity index is 1.96. The van der Waals surface area contributed by atoms with Crippen LogP contribution in [0.15, 0.2) is 28.7 Å². The molecule has 122 valence electrons. The number of carbonyl (C=O) groups is 1. The van der Waals surface area contributed by atoms with Crippen LogP contribution in [0.4, 0.5) is 9.52 Å². The molecule has 1 aromatic heterocycles. The third kappa shape index (κ3) is 5.40. The van der Waals surface area contributed by atoms with Gasteiger partial charge in [-0.2, -0.15) is 5.10 Å². The van der Waals surface area contributed by atoms with Gasteiger partial charge in [-0.25, -0.2) is 9.37 Å². The third-order valence-corrected chi connectivity index (χ3v) is 4.20. The number of hydrogen-bond donors (Lipinski definition) is 1. The lowest BCUT2D eigenvalue weighted by Gasteiger charge is -2.00. The standard InChI is InChI=1S/C15H15BrFN3O2S/c1-2-22-14(21)6-12-9-23-15(19-12)20-18-8-11-5-10(7-16)3-4-13(11)17/h3-5,8-9H,2,6-7H2,1H3,(H,19,20). The zero-order valence-corrected chi connectivity index (χ0v) is 14.8. The molecular formula is C15H15BrFN3O2S. The minimum Gasteiger partial charge on any atom is -0.466 e. The number of nitrogens with one attached hydrogen (secondary N) is 1. The minimum absolute atomic E-state index is 0.123. The number of hydrogen-bond acceptors (Lipinski definition) is 6. The molecule has 0 saturated heterocycles. The third-order valence-electron chi connectivity index (χ3n) is 2.76. The van der Waals surface area contributed by atoms with E-state index in [9.17, 15) is 9.18 Å². The number of esters is 1. The van der Waals surface area contributed by atoms with E-state index in [0.717, 1.165) is 5.56 Å². The van der Waals surface area contributed by atoms with Crippen LogP contribution in [0.25, 0.3) is 0 Å². The fraction of sp³-hybridized carbons (Fsp3) is 0.267. The molecular weight excluding hydrogens is 385 g/mol. The highest BCUT2D eigenvalue weighted by Crippen LogP contribution is 2.16. The minimum atomic E-state index is -0.345. The van der Waals surface area contributed by atoms with Crippen LogP contribution < -0.4 is 5.43 Å². The van der Waals surface area contributed by atoms with Crippen molar-refractivity contribution in [1.29, 1.82) is 0 Å². The van der Waals surface area contributed by atoms with Crippen molar-refractivity contribution < 1.29 is 13.9 Å². The first-order valence-electron chi connectivity index (χ1n) is 6.86. The quantitative estimate of drug-likeness (QED) is 0.333. The average Bonchev–Trinajstić information content (AvgIpc) is 2.96. The molecule has 0 atom stereocenters. The number of hydrazone groups is 1. The van der Waals surface area contributed by atoms with Crippen LogP contribution in [0.3, 0.4) is 0 Å². The molecule has 0 aliphatic rings. The van der Waals surface area contributed by atoms with Gasteiger partial charge in [-0.15, -0.1) is 11.3 Å². The Kier molecular flexibility index (Phi) is 6.66. The number of anilines is 1. The molecule has 0 aliphatic carbocycles. The highest BCUT2D eigenvalue weighted by Gasteiger charge is 2.08. The molecule has 0 fully saturated rings. The van der Waals surface area contributed by atoms with E-state index < -0.39 is 0 Å². The summed E-state index contributed by atoms with van der Waals surface area (Å²) in [6.45, 7) is 2.10. The first kappa shape index (κ1) is 17.6. The van der Waals surface area contributed by atoms with E-state index in [4.69, 9.17) is 4.74 Å². The lowest BCUT2D eigenvalue weighted by molar-refractivity contribution is -0.142. The van der Waals surface area contributed by atoms with Crippen LogP contribution in [-0.4, -0.2) is 23.8 Å². The van der Waals surface area contributed by atoms with E-state index >= 15 is 0 Å². The highest BCUT2D eigenvalue weighted by molar-refractivity contribution is 9.08. The second-order valence-electron chi connectivity index (χ2n) is 4.49. The maximum absolute atomic E-state index is 13.7. The summed E-state index contributed by atoms with van der Waals surface area (Å²) in [7, 11) is 0. The molecule has 0 amide bonds. The predicted molar refractivity (Wildman–Crippen MR) is 92.7 cm³/mol. The number of rotatable bonds is 7. The van der Waals surface area contributed by atoms with Gasteiger partial charge in [0, 0.05) is 16.3 Å². The Morgan fingerprint density at radius 2 is 2.39 bits per heavy atom. The zero-order chi connectivity index (χ0) is 16.7. The smallest absolute Gasteiger partial charge is 0.311 e. The Bertz CT molecular complexity index is 706. The van der Waals surface area contributed by atoms with Crippen molar-refractivity contribution in [3.8, 4) is 0 Å². The summed E-state index contributed by atoms with van der Waals surface area (Å²) >= 11 is 4.64. The van der Waals surface area contributed by atoms with Gasteiger partial charge in [0.2, 0.25) is 5.13 Å². The molecule has 0 saturated carbocycles. The topological polar surface area (TPSA) is 63.6 Å². The molecule has 1 aromatic carbocycles. The van der Waals surface area contributed by atoms with Gasteiger partial charge in [0.05, 0.1) is 24.9 Å². The molecule has 23 heavy (non-hydrogen) atoms. The Labute approximate surface area is 145 Å². The molecule has 1 heterocycles. The second-order valence-corrected chi connectivity index (χ2v) is 5.90. The Morgan fingerprint density at radius 1 is 1.57 bits per heavy atom. The molecule has 1 N–H and O–H groups in total. The van der Waals surface area contributed by atoms with Crippen LogP contribution in [0.1, 0.15) is 23.7 Å². The molecule has 0 spiro atoms. The van der Waals surface area contributed by atoms with Gasteiger partial charge in [0.15, 0.2) is 0 Å². The number of thiazole rings is 1. The van der Waals surface area contributed by atoms with Gasteiger partial charge in [0.25, 0.3) is 0 Å². The lowest BCUT2D eigenvalue weighted by atomic mass is 10.1. The van der Waals surface area contributed by atoms with E-state index in [0.29, 0.717) is 28.3 Å². The molecule has 0 aliphatic heterocycles. The van der Waals surface area contributed by atoms with Crippen molar-refractivity contribution in [3.05, 3.63) is 46.2 Å². The Hall–Kier alpha value is -1.80. The molecule has 2 aromatic rings. The lowest BCUT2D eigenvalue weighted by Crippen LogP contribution is -2.07. The van der Waals surface area contributed by atoms with Crippen molar-refractivity contribution in [2.45, 2.75) is 18.7 Å². The number of alkyl halides is 1. The normalized spacial score (nSPS) is 10.9. The fourth-order valence-electron chi connectivity index (χ4n) is 1.73. The van der Waals surface area contributed by atoms with Crippen molar-refractivity contribution in [1.82, 2.24) is 4.98 Å². The van der Waals surface area contributed by atoms with Crippen LogP contribution in [0.5, 0.6) is 0 Å². The van der Waals surface area contributed by atoms with Crippen LogP contribution in [-0.2, 0) is 21.3 Å². The van der Waals surface area contributed by atoms with Crippen LogP contribution in [0, 0.1) is 5.82 Å². The Morgan fingerprint density at radius 3 is 3.13 bits per heavy atom. The first-order valence-corrected chi connectivity index (χ1v) is 8.86. The SMILES string of the molecule is CCOC(=O)Cc1csc(NN=Cc2cc(CBr)ccc2F)n1. The molecule has 0 radical (unpaired) electrons. The van der Waals surface area contributed by atoms with E-state index in [2.05, 4.69) is 31.4 Å². The number of ether oxygens (including phenoxy) is 1. The molecule has 2 rings (SSSR count). The first-order chi connectivity index (χ1) is 11.1. The van der Waals surface area contributed by atoms with E-state index in [1.807, 2.05) is 0 Å². The maximum atomic E-state index is 13.7. The maximum Gasteiger partial charge on any atom is 0.311 e. The van der Waals surface area contributed by atoms with E-state index in [1.165, 1.54) is 23.6 Å². The summed E-state index contributed by atoms with van der Waals surface area (Å²) in [6.07, 6.45) is 1.52. The van der Waals surface area contributed by atoms with Gasteiger partial charge in [-0.05, 0) is 24.6 Å². The number of aromatic nitrogens is 1. The van der Waals surface area contributed by atoms with Gasteiger partial charge >= 0.3 is 5.97 Å². The largest absolute Gasteiger partial charge is 0.466 e. The highest BCUT2D eigenvalue weighted by atomic mass is 79.9. The predicted octanol–water partition coefficient (Wildman–Crippen LogP) is 3.73. The van der Waals surface area contributed by atoms with Crippen molar-refractivity contribution in [3.63, 3.8) is 0 Å². The van der Waals surface area contributed by atoms with Gasteiger partial charge in [0.1, 0.15) is 5.82 Å². The second kappa shape index (κ2) is 8.73. The zero-order valence-electron chi connectivity index (χ0n) is 12.4.